The van der Waals surface area contributed by atoms with Gasteiger partial charge in [0, 0.05) is 43.3 Å². The van der Waals surface area contributed by atoms with Crippen molar-refractivity contribution in [3.05, 3.63) is 64.6 Å². The molecule has 3 heterocycles. The van der Waals surface area contributed by atoms with E-state index < -0.39 is 17.5 Å². The molecular weight excluding hydrogens is 614 g/mol. The summed E-state index contributed by atoms with van der Waals surface area (Å²) in [6.07, 6.45) is 3.55. The lowest BCUT2D eigenvalue weighted by atomic mass is 9.97. The number of piperidine rings is 1. The maximum atomic E-state index is 14.6. The van der Waals surface area contributed by atoms with Crippen molar-refractivity contribution in [3.63, 3.8) is 0 Å². The Labute approximate surface area is 262 Å². The molecule has 0 saturated carbocycles. The molecule has 0 bridgehead atoms. The van der Waals surface area contributed by atoms with Crippen LogP contribution in [0.25, 0.3) is 11.3 Å². The summed E-state index contributed by atoms with van der Waals surface area (Å²) >= 11 is 6.44. The van der Waals surface area contributed by atoms with E-state index in [4.69, 9.17) is 26.2 Å². The summed E-state index contributed by atoms with van der Waals surface area (Å²) < 4.78 is 35.0. The summed E-state index contributed by atoms with van der Waals surface area (Å²) in [7, 11) is 2.74. The minimum atomic E-state index is -1.14. The van der Waals surface area contributed by atoms with Gasteiger partial charge < -0.3 is 35.3 Å². The highest BCUT2D eigenvalue weighted by Crippen LogP contribution is 2.30. The van der Waals surface area contributed by atoms with Crippen molar-refractivity contribution in [2.24, 2.45) is 13.0 Å². The van der Waals surface area contributed by atoms with Crippen molar-refractivity contribution in [1.29, 1.82) is 0 Å². The number of carboxylic acid groups (broad SMARTS) is 1. The molecule has 4 N–H and O–H groups in total. The number of hydrogen-bond acceptors (Lipinski definition) is 7. The summed E-state index contributed by atoms with van der Waals surface area (Å²) in [5.74, 6) is -3.39. The molecule has 0 aliphatic carbocycles. The molecule has 1 aromatic heterocycles. The Hall–Kier alpha value is -4.56. The topological polar surface area (TPSA) is 155 Å². The van der Waals surface area contributed by atoms with Gasteiger partial charge in [-0.2, -0.15) is 4.39 Å². The number of nitrogens with zero attached hydrogens (tertiary/aromatic N) is 3. The van der Waals surface area contributed by atoms with Gasteiger partial charge in [0.1, 0.15) is 0 Å². The molecule has 5 rings (SSSR count). The van der Waals surface area contributed by atoms with Crippen LogP contribution in [0.4, 0.5) is 14.5 Å². The molecule has 12 nitrogen and oxygen atoms in total. The van der Waals surface area contributed by atoms with Gasteiger partial charge in [-0.3, -0.25) is 19.2 Å². The SMILES string of the molecule is COc1ccc(-c2cnc(C(=O)Nc3ccc(C(=O)N4CCC(NC(=O)C5CCNCC5)C4)c(Cl)c3)n2C)c(F)c1F.O=CO. The van der Waals surface area contributed by atoms with Crippen LogP contribution < -0.4 is 20.7 Å². The fourth-order valence-electron chi connectivity index (χ4n) is 5.35. The first-order chi connectivity index (χ1) is 21.6. The van der Waals surface area contributed by atoms with Crippen LogP contribution in [-0.4, -0.2) is 83.1 Å². The minimum absolute atomic E-state index is 0.00263. The molecule has 0 radical (unpaired) electrons. The fourth-order valence-corrected chi connectivity index (χ4v) is 5.61. The lowest BCUT2D eigenvalue weighted by Crippen LogP contribution is -2.44. The van der Waals surface area contributed by atoms with E-state index in [0.717, 1.165) is 25.9 Å². The van der Waals surface area contributed by atoms with Gasteiger partial charge in [0.2, 0.25) is 11.7 Å². The first-order valence-electron chi connectivity index (χ1n) is 14.1. The lowest BCUT2D eigenvalue weighted by Gasteiger charge is -2.24. The van der Waals surface area contributed by atoms with Crippen LogP contribution in [0, 0.1) is 17.6 Å². The van der Waals surface area contributed by atoms with Gasteiger partial charge in [0.05, 0.1) is 29.6 Å². The first-order valence-corrected chi connectivity index (χ1v) is 14.5. The minimum Gasteiger partial charge on any atom is -0.494 e. The zero-order chi connectivity index (χ0) is 32.7. The molecule has 3 aromatic rings. The number of ether oxygens (including phenoxy) is 1. The molecule has 2 aliphatic rings. The highest BCUT2D eigenvalue weighted by Gasteiger charge is 2.31. The number of imidazole rings is 1. The molecular formula is C30H33ClF2N6O6. The van der Waals surface area contributed by atoms with E-state index in [1.165, 1.54) is 49.2 Å². The molecule has 1 unspecified atom stereocenters. The normalized spacial score (nSPS) is 16.4. The van der Waals surface area contributed by atoms with Gasteiger partial charge in [-0.15, -0.1) is 0 Å². The Bertz CT molecular complexity index is 1580. The third-order valence-corrected chi connectivity index (χ3v) is 8.04. The standard InChI is InChI=1S/C29H31ClF2N6O4.CH2O2/c1-37-22(20-5-6-23(42-2)25(32)24(20)31)14-34-26(37)28(40)35-17-3-4-19(21(30)13-17)29(41)38-12-9-18(15-38)36-27(39)16-7-10-33-11-8-16;2-1-3/h3-6,13-14,16,18,33H,7-12,15H2,1-2H3,(H,35,40)(H,36,39);1H,(H,2,3). The van der Waals surface area contributed by atoms with Gasteiger partial charge in [-0.25, -0.2) is 9.37 Å². The van der Waals surface area contributed by atoms with Crippen molar-refractivity contribution in [3.8, 4) is 17.0 Å². The number of carbonyl (C=O) groups is 4. The quantitative estimate of drug-likeness (QED) is 0.285. The second-order valence-corrected chi connectivity index (χ2v) is 10.9. The molecule has 2 saturated heterocycles. The van der Waals surface area contributed by atoms with Crippen molar-refractivity contribution < 1.29 is 37.8 Å². The number of benzene rings is 2. The third kappa shape index (κ3) is 7.57. The van der Waals surface area contributed by atoms with Crippen LogP contribution in [0.2, 0.25) is 5.02 Å². The van der Waals surface area contributed by atoms with Crippen LogP contribution in [0.3, 0.4) is 0 Å². The number of halogens is 3. The molecule has 2 aromatic carbocycles. The van der Waals surface area contributed by atoms with Gasteiger partial charge in [0.15, 0.2) is 17.4 Å². The number of anilines is 1. The Morgan fingerprint density at radius 1 is 1.13 bits per heavy atom. The third-order valence-electron chi connectivity index (χ3n) is 7.72. The second kappa shape index (κ2) is 14.9. The van der Waals surface area contributed by atoms with E-state index in [1.54, 1.807) is 11.0 Å². The molecule has 3 amide bonds. The van der Waals surface area contributed by atoms with Crippen LogP contribution in [-0.2, 0) is 16.6 Å². The Balaban J connectivity index is 0.00000148. The number of methoxy groups -OCH3 is 1. The smallest absolute Gasteiger partial charge is 0.291 e. The molecule has 240 valence electrons. The maximum absolute atomic E-state index is 14.6. The summed E-state index contributed by atoms with van der Waals surface area (Å²) in [5.41, 5.74) is 0.704. The fraction of sp³-hybridized carbons (Fsp3) is 0.367. The van der Waals surface area contributed by atoms with Crippen LogP contribution >= 0.6 is 11.6 Å². The molecule has 15 heteroatoms. The van der Waals surface area contributed by atoms with E-state index in [-0.39, 0.29) is 63.7 Å². The van der Waals surface area contributed by atoms with Crippen molar-refractivity contribution in [2.45, 2.75) is 25.3 Å². The number of rotatable bonds is 7. The Morgan fingerprint density at radius 2 is 1.84 bits per heavy atom. The molecule has 2 fully saturated rings. The van der Waals surface area contributed by atoms with Crippen LogP contribution in [0.15, 0.2) is 36.5 Å². The summed E-state index contributed by atoms with van der Waals surface area (Å²) in [4.78, 5) is 52.8. The maximum Gasteiger partial charge on any atom is 0.291 e. The van der Waals surface area contributed by atoms with E-state index in [2.05, 4.69) is 20.9 Å². The zero-order valence-corrected chi connectivity index (χ0v) is 25.4. The second-order valence-electron chi connectivity index (χ2n) is 10.5. The predicted octanol–water partition coefficient (Wildman–Crippen LogP) is 3.31. The van der Waals surface area contributed by atoms with Crippen molar-refractivity contribution >= 4 is 41.5 Å². The Morgan fingerprint density at radius 3 is 2.51 bits per heavy atom. The highest BCUT2D eigenvalue weighted by molar-refractivity contribution is 6.34. The average molecular weight is 647 g/mol. The number of carbonyl (C=O) groups excluding carboxylic acids is 3. The van der Waals surface area contributed by atoms with Gasteiger partial charge >= 0.3 is 0 Å². The molecule has 1 atom stereocenters. The van der Waals surface area contributed by atoms with Crippen molar-refractivity contribution in [2.75, 3.05) is 38.6 Å². The molecule has 2 aliphatic heterocycles. The van der Waals surface area contributed by atoms with Gasteiger partial charge in [0.25, 0.3) is 18.3 Å². The van der Waals surface area contributed by atoms with E-state index in [1.807, 2.05) is 0 Å². The molecule has 45 heavy (non-hydrogen) atoms. The monoisotopic (exact) mass is 646 g/mol. The van der Waals surface area contributed by atoms with Gasteiger partial charge in [-0.05, 0) is 62.7 Å². The largest absolute Gasteiger partial charge is 0.494 e. The average Bonchev–Trinajstić information content (AvgIpc) is 3.65. The lowest BCUT2D eigenvalue weighted by molar-refractivity contribution is -0.126. The number of hydrogen-bond donors (Lipinski definition) is 4. The first kappa shape index (κ1) is 33.3. The number of likely N-dealkylation sites (tertiary alicyclic amines) is 1. The summed E-state index contributed by atoms with van der Waals surface area (Å²) in [6.45, 7) is 2.29. The number of amides is 3. The van der Waals surface area contributed by atoms with E-state index in [0.29, 0.717) is 25.2 Å². The number of aromatic nitrogens is 2. The predicted molar refractivity (Wildman–Crippen MR) is 161 cm³/mol. The van der Waals surface area contributed by atoms with E-state index in [9.17, 15) is 23.2 Å². The van der Waals surface area contributed by atoms with Crippen LogP contribution in [0.5, 0.6) is 5.75 Å². The van der Waals surface area contributed by atoms with E-state index >= 15 is 0 Å². The Kier molecular flexibility index (Phi) is 11.1. The zero-order valence-electron chi connectivity index (χ0n) is 24.6. The van der Waals surface area contributed by atoms with Crippen LogP contribution in [0.1, 0.15) is 40.2 Å². The summed E-state index contributed by atoms with van der Waals surface area (Å²) in [6, 6.07) is 7.06. The highest BCUT2D eigenvalue weighted by atomic mass is 35.5. The van der Waals surface area contributed by atoms with Gasteiger partial charge in [-0.1, -0.05) is 11.6 Å². The summed E-state index contributed by atoms with van der Waals surface area (Å²) in [5, 5.41) is 16.0. The van der Waals surface area contributed by atoms with Crippen molar-refractivity contribution in [1.82, 2.24) is 25.1 Å². The number of nitrogens with one attached hydrogen (secondary N) is 3. The molecule has 0 spiro atoms.